The van der Waals surface area contributed by atoms with E-state index in [-0.39, 0.29) is 0 Å². The highest BCUT2D eigenvalue weighted by Crippen LogP contribution is 2.15. The zero-order chi connectivity index (χ0) is 14.4. The van der Waals surface area contributed by atoms with Crippen molar-refractivity contribution in [1.82, 2.24) is 0 Å². The van der Waals surface area contributed by atoms with Crippen LogP contribution in [0.4, 0.5) is 0 Å². The van der Waals surface area contributed by atoms with Crippen LogP contribution in [-0.2, 0) is 0 Å². The molecule has 1 nitrogen and oxygen atoms in total. The second-order valence-corrected chi connectivity index (χ2v) is 6.36. The van der Waals surface area contributed by atoms with E-state index in [9.17, 15) is 0 Å². The number of unbranched alkanes of at least 4 members (excludes halogenated alkanes) is 6. The Morgan fingerprint density at radius 2 is 0.842 bits per heavy atom. The minimum atomic E-state index is 1.34. The number of nitrogens with zero attached hydrogens (tertiary/aromatic N) is 1. The Morgan fingerprint density at radius 3 is 1.26 bits per heavy atom. The molecule has 0 radical (unpaired) electrons. The van der Waals surface area contributed by atoms with E-state index < -0.39 is 0 Å². The van der Waals surface area contributed by atoms with Gasteiger partial charge in [0.1, 0.15) is 0 Å². The van der Waals surface area contributed by atoms with E-state index in [4.69, 9.17) is 0 Å². The third kappa shape index (κ3) is 9.49. The van der Waals surface area contributed by atoms with E-state index in [1.165, 1.54) is 94.9 Å². The van der Waals surface area contributed by atoms with Gasteiger partial charge in [0.15, 0.2) is 0 Å². The van der Waals surface area contributed by atoms with Crippen LogP contribution in [-0.4, -0.2) is 30.7 Å². The summed E-state index contributed by atoms with van der Waals surface area (Å²) in [5.74, 6) is 0. The topological polar surface area (TPSA) is 0 Å². The van der Waals surface area contributed by atoms with Crippen LogP contribution in [0.25, 0.3) is 0 Å². The fraction of sp³-hybridized carbons (Fsp3) is 1.00. The molecule has 0 aromatic rings. The number of quaternary nitrogens is 1. The Labute approximate surface area is 123 Å². The summed E-state index contributed by atoms with van der Waals surface area (Å²) in [7, 11) is 0. The maximum absolute atomic E-state index is 2.35. The molecule has 0 amide bonds. The molecule has 0 aliphatic carbocycles. The minimum absolute atomic E-state index is 1.34. The van der Waals surface area contributed by atoms with Crippen molar-refractivity contribution >= 4 is 0 Å². The average Bonchev–Trinajstić information content (AvgIpc) is 2.39. The van der Waals surface area contributed by atoms with Crippen molar-refractivity contribution in [1.29, 1.82) is 0 Å². The number of hydrogen-bond donors (Lipinski definition) is 0. The van der Waals surface area contributed by atoms with Gasteiger partial charge in [-0.15, -0.1) is 0 Å². The summed E-state index contributed by atoms with van der Waals surface area (Å²) in [5, 5.41) is 0. The van der Waals surface area contributed by atoms with Crippen LogP contribution in [0.5, 0.6) is 0 Å². The second kappa shape index (κ2) is 13.0. The lowest BCUT2D eigenvalue weighted by atomic mass is 10.1. The summed E-state index contributed by atoms with van der Waals surface area (Å²) in [6.45, 7) is 15.0. The van der Waals surface area contributed by atoms with Crippen molar-refractivity contribution in [3.8, 4) is 0 Å². The summed E-state index contributed by atoms with van der Waals surface area (Å²) in [4.78, 5) is 0. The standard InChI is InChI=1S/C18H40N/c1-5-9-10-11-12-13-14-18-19(15-6-2,16-7-3)17-8-4/h5-18H2,1-4H3/q+1. The highest BCUT2D eigenvalue weighted by molar-refractivity contribution is 4.49. The Morgan fingerprint density at radius 1 is 0.421 bits per heavy atom. The summed E-state index contributed by atoms with van der Waals surface area (Å²) in [6, 6.07) is 0. The molecule has 0 saturated heterocycles. The number of rotatable bonds is 14. The molecule has 1 heteroatoms. The highest BCUT2D eigenvalue weighted by Gasteiger charge is 2.23. The Bertz CT molecular complexity index is 160. The van der Waals surface area contributed by atoms with Gasteiger partial charge in [-0.1, -0.05) is 59.8 Å². The van der Waals surface area contributed by atoms with E-state index in [0.29, 0.717) is 0 Å². The molecule has 0 saturated carbocycles. The molecule has 0 unspecified atom stereocenters. The fourth-order valence-electron chi connectivity index (χ4n) is 3.50. The summed E-state index contributed by atoms with van der Waals surface area (Å²) in [6.07, 6.45) is 14.1. The van der Waals surface area contributed by atoms with Crippen LogP contribution in [0.1, 0.15) is 91.9 Å². The molecule has 0 aromatic heterocycles. The van der Waals surface area contributed by atoms with Gasteiger partial charge in [-0.25, -0.2) is 0 Å². The van der Waals surface area contributed by atoms with Gasteiger partial charge < -0.3 is 4.48 Å². The van der Waals surface area contributed by atoms with Crippen LogP contribution in [0.2, 0.25) is 0 Å². The van der Waals surface area contributed by atoms with Crippen LogP contribution < -0.4 is 0 Å². The quantitative estimate of drug-likeness (QED) is 0.277. The minimum Gasteiger partial charge on any atom is -0.324 e. The van der Waals surface area contributed by atoms with E-state index in [1.807, 2.05) is 0 Å². The van der Waals surface area contributed by atoms with Gasteiger partial charge in [0.05, 0.1) is 26.2 Å². The zero-order valence-electron chi connectivity index (χ0n) is 14.3. The van der Waals surface area contributed by atoms with Crippen LogP contribution in [0, 0.1) is 0 Å². The first kappa shape index (κ1) is 19.0. The third-order valence-corrected chi connectivity index (χ3v) is 4.33. The van der Waals surface area contributed by atoms with Gasteiger partial charge >= 0.3 is 0 Å². The zero-order valence-corrected chi connectivity index (χ0v) is 14.3. The smallest absolute Gasteiger partial charge is 0.0786 e. The van der Waals surface area contributed by atoms with Crippen molar-refractivity contribution in [3.63, 3.8) is 0 Å². The van der Waals surface area contributed by atoms with Gasteiger partial charge in [0, 0.05) is 0 Å². The van der Waals surface area contributed by atoms with Gasteiger partial charge in [-0.05, 0) is 32.1 Å². The molecular formula is C18H40N+. The van der Waals surface area contributed by atoms with Gasteiger partial charge in [0.2, 0.25) is 0 Å². The van der Waals surface area contributed by atoms with E-state index in [0.717, 1.165) is 0 Å². The maximum Gasteiger partial charge on any atom is 0.0786 e. The summed E-state index contributed by atoms with van der Waals surface area (Å²) >= 11 is 0. The molecular weight excluding hydrogens is 230 g/mol. The fourth-order valence-corrected chi connectivity index (χ4v) is 3.50. The molecule has 19 heavy (non-hydrogen) atoms. The lowest BCUT2D eigenvalue weighted by molar-refractivity contribution is -0.928. The molecule has 0 aromatic carbocycles. The predicted molar refractivity (Wildman–Crippen MR) is 88.6 cm³/mol. The van der Waals surface area contributed by atoms with Gasteiger partial charge in [-0.2, -0.15) is 0 Å². The van der Waals surface area contributed by atoms with Crippen molar-refractivity contribution in [2.24, 2.45) is 0 Å². The van der Waals surface area contributed by atoms with Crippen LogP contribution >= 0.6 is 0 Å². The first-order valence-electron chi connectivity index (χ1n) is 9.09. The number of hydrogen-bond acceptors (Lipinski definition) is 0. The molecule has 0 bridgehead atoms. The van der Waals surface area contributed by atoms with Crippen molar-refractivity contribution in [2.45, 2.75) is 91.9 Å². The summed E-state index contributed by atoms with van der Waals surface area (Å²) in [5.41, 5.74) is 0. The molecule has 0 heterocycles. The van der Waals surface area contributed by atoms with Crippen molar-refractivity contribution < 1.29 is 4.48 Å². The molecule has 0 atom stereocenters. The predicted octanol–water partition coefficient (Wildman–Crippen LogP) is 5.78. The van der Waals surface area contributed by atoms with Crippen molar-refractivity contribution in [3.05, 3.63) is 0 Å². The van der Waals surface area contributed by atoms with E-state index in [1.54, 1.807) is 0 Å². The average molecular weight is 271 g/mol. The third-order valence-electron chi connectivity index (χ3n) is 4.33. The maximum atomic E-state index is 2.35. The van der Waals surface area contributed by atoms with Crippen LogP contribution in [0.3, 0.4) is 0 Å². The Balaban J connectivity index is 3.89. The molecule has 116 valence electrons. The lowest BCUT2D eigenvalue weighted by Gasteiger charge is -2.38. The molecule has 0 rings (SSSR count). The molecule has 0 aliphatic heterocycles. The Hall–Kier alpha value is -0.0400. The monoisotopic (exact) mass is 270 g/mol. The van der Waals surface area contributed by atoms with Crippen LogP contribution in [0.15, 0.2) is 0 Å². The first-order chi connectivity index (χ1) is 9.24. The molecule has 0 spiro atoms. The molecule has 0 aliphatic rings. The SMILES string of the molecule is CCCCCCCCC[N+](CCC)(CCC)CCC. The molecule has 0 fully saturated rings. The van der Waals surface area contributed by atoms with E-state index >= 15 is 0 Å². The highest BCUT2D eigenvalue weighted by atomic mass is 15.3. The summed E-state index contributed by atoms with van der Waals surface area (Å²) < 4.78 is 1.40. The van der Waals surface area contributed by atoms with E-state index in [2.05, 4.69) is 27.7 Å². The first-order valence-corrected chi connectivity index (χ1v) is 9.09. The largest absolute Gasteiger partial charge is 0.324 e. The Kier molecular flexibility index (Phi) is 12.9. The second-order valence-electron chi connectivity index (χ2n) is 6.36. The molecule has 0 N–H and O–H groups in total. The van der Waals surface area contributed by atoms with Gasteiger partial charge in [0.25, 0.3) is 0 Å². The van der Waals surface area contributed by atoms with Crippen molar-refractivity contribution in [2.75, 3.05) is 26.2 Å². The lowest BCUT2D eigenvalue weighted by Crippen LogP contribution is -2.50. The normalized spacial score (nSPS) is 12.0. The van der Waals surface area contributed by atoms with Gasteiger partial charge in [-0.3, -0.25) is 0 Å².